The molecule has 170 valence electrons. The van der Waals surface area contributed by atoms with E-state index < -0.39 is 15.7 Å². The van der Waals surface area contributed by atoms with E-state index in [-0.39, 0.29) is 23.1 Å². The Morgan fingerprint density at radius 1 is 1.00 bits per heavy atom. The Labute approximate surface area is 191 Å². The van der Waals surface area contributed by atoms with Crippen molar-refractivity contribution < 1.29 is 22.3 Å². The number of benzene rings is 3. The largest absolute Gasteiger partial charge is 0.497 e. The van der Waals surface area contributed by atoms with Gasteiger partial charge in [0, 0.05) is 23.6 Å². The van der Waals surface area contributed by atoms with E-state index in [1.165, 1.54) is 24.4 Å². The Morgan fingerprint density at radius 2 is 1.76 bits per heavy atom. The summed E-state index contributed by atoms with van der Waals surface area (Å²) in [5.41, 5.74) is 1.92. The van der Waals surface area contributed by atoms with Gasteiger partial charge in [-0.25, -0.2) is 12.8 Å². The van der Waals surface area contributed by atoms with Crippen LogP contribution in [0.15, 0.2) is 83.9 Å². The Balaban J connectivity index is 1.54. The molecule has 0 bridgehead atoms. The molecule has 0 aliphatic rings. The van der Waals surface area contributed by atoms with Gasteiger partial charge < -0.3 is 14.6 Å². The van der Waals surface area contributed by atoms with Crippen LogP contribution < -0.4 is 10.1 Å². The Morgan fingerprint density at radius 3 is 2.48 bits per heavy atom. The predicted octanol–water partition coefficient (Wildman–Crippen LogP) is 4.08. The minimum Gasteiger partial charge on any atom is -0.497 e. The molecule has 4 aromatic rings. The fraction of sp³-hybridized carbons (Fsp3) is 0.160. The number of rotatable bonds is 8. The van der Waals surface area contributed by atoms with E-state index >= 15 is 0 Å². The number of methoxy groups -OCH3 is 1. The summed E-state index contributed by atoms with van der Waals surface area (Å²) in [6.07, 6.45) is 1.48. The van der Waals surface area contributed by atoms with Gasteiger partial charge >= 0.3 is 0 Å². The van der Waals surface area contributed by atoms with Gasteiger partial charge in [0.25, 0.3) is 0 Å². The molecular formula is C25H23FN2O4S. The fourth-order valence-electron chi connectivity index (χ4n) is 3.67. The van der Waals surface area contributed by atoms with Crippen molar-refractivity contribution in [2.24, 2.45) is 0 Å². The second-order valence-corrected chi connectivity index (χ2v) is 9.61. The Bertz CT molecular complexity index is 1400. The number of nitrogens with zero attached hydrogens (tertiary/aromatic N) is 1. The lowest BCUT2D eigenvalue weighted by atomic mass is 10.2. The molecule has 1 aromatic heterocycles. The van der Waals surface area contributed by atoms with Gasteiger partial charge in [-0.05, 0) is 41.5 Å². The van der Waals surface area contributed by atoms with Crippen molar-refractivity contribution in [1.82, 2.24) is 9.88 Å². The maximum atomic E-state index is 13.5. The average Bonchev–Trinajstić information content (AvgIpc) is 3.17. The summed E-state index contributed by atoms with van der Waals surface area (Å²) >= 11 is 0. The minimum atomic E-state index is -3.76. The van der Waals surface area contributed by atoms with Crippen molar-refractivity contribution >= 4 is 26.6 Å². The number of carbonyl (C=O) groups excluding carboxylic acids is 1. The van der Waals surface area contributed by atoms with Crippen molar-refractivity contribution in [2.45, 2.75) is 23.7 Å². The fourth-order valence-corrected chi connectivity index (χ4v) is 5.24. The molecule has 0 fully saturated rings. The molecular weight excluding hydrogens is 443 g/mol. The first-order valence-corrected chi connectivity index (χ1v) is 12.0. The van der Waals surface area contributed by atoms with Crippen LogP contribution in [0.1, 0.15) is 11.1 Å². The average molecular weight is 467 g/mol. The SMILES string of the molecule is COc1ccc(CNC(=O)Cn2cc(S(=O)(=O)Cc3cccc(F)c3)c3ccccc32)cc1. The molecule has 1 amide bonds. The van der Waals surface area contributed by atoms with Gasteiger partial charge in [0.2, 0.25) is 5.91 Å². The standard InChI is InChI=1S/C25H23FN2O4S/c1-32-21-11-9-18(10-12-21)14-27-25(29)16-28-15-24(22-7-2-3-8-23(22)28)33(30,31)17-19-5-4-6-20(26)13-19/h2-13,15H,14,16-17H2,1H3,(H,27,29). The van der Waals surface area contributed by atoms with Crippen LogP contribution in [0.5, 0.6) is 5.75 Å². The summed E-state index contributed by atoms with van der Waals surface area (Å²) in [7, 11) is -2.18. The van der Waals surface area contributed by atoms with Crippen molar-refractivity contribution in [3.8, 4) is 5.75 Å². The summed E-state index contributed by atoms with van der Waals surface area (Å²) in [5, 5.41) is 3.38. The third-order valence-corrected chi connectivity index (χ3v) is 7.00. The smallest absolute Gasteiger partial charge is 0.240 e. The van der Waals surface area contributed by atoms with Gasteiger partial charge in [-0.1, -0.05) is 42.5 Å². The number of aromatic nitrogens is 1. The summed E-state index contributed by atoms with van der Waals surface area (Å²) in [4.78, 5) is 12.7. The zero-order valence-corrected chi connectivity index (χ0v) is 18.8. The number of fused-ring (bicyclic) bond motifs is 1. The van der Waals surface area contributed by atoms with Crippen LogP contribution in [0.2, 0.25) is 0 Å². The van der Waals surface area contributed by atoms with Gasteiger partial charge in [-0.3, -0.25) is 4.79 Å². The Kier molecular flexibility index (Phi) is 6.46. The van der Waals surface area contributed by atoms with E-state index in [0.717, 1.165) is 11.3 Å². The highest BCUT2D eigenvalue weighted by Gasteiger charge is 2.22. The quantitative estimate of drug-likeness (QED) is 0.425. The van der Waals surface area contributed by atoms with Crippen LogP contribution in [0, 0.1) is 5.82 Å². The lowest BCUT2D eigenvalue weighted by Crippen LogP contribution is -2.26. The van der Waals surface area contributed by atoms with E-state index in [9.17, 15) is 17.6 Å². The van der Waals surface area contributed by atoms with Crippen LogP contribution in [0.3, 0.4) is 0 Å². The number of hydrogen-bond acceptors (Lipinski definition) is 4. The molecule has 3 aromatic carbocycles. The lowest BCUT2D eigenvalue weighted by Gasteiger charge is -2.08. The molecule has 0 radical (unpaired) electrons. The number of nitrogens with one attached hydrogen (secondary N) is 1. The second-order valence-electron chi connectivity index (χ2n) is 7.65. The van der Waals surface area contributed by atoms with Crippen molar-refractivity contribution in [2.75, 3.05) is 7.11 Å². The number of halogens is 1. The van der Waals surface area contributed by atoms with E-state index in [1.807, 2.05) is 24.3 Å². The number of hydrogen-bond donors (Lipinski definition) is 1. The summed E-state index contributed by atoms with van der Waals surface area (Å²) < 4.78 is 46.6. The maximum Gasteiger partial charge on any atom is 0.240 e. The van der Waals surface area contributed by atoms with Crippen LogP contribution in [0.4, 0.5) is 4.39 Å². The molecule has 0 spiro atoms. The molecule has 0 atom stereocenters. The van der Waals surface area contributed by atoms with Gasteiger partial charge in [0.15, 0.2) is 9.84 Å². The molecule has 1 heterocycles. The highest BCUT2D eigenvalue weighted by Crippen LogP contribution is 2.28. The van der Waals surface area contributed by atoms with Gasteiger partial charge in [-0.2, -0.15) is 0 Å². The number of amides is 1. The highest BCUT2D eigenvalue weighted by molar-refractivity contribution is 7.90. The maximum absolute atomic E-state index is 13.5. The zero-order valence-electron chi connectivity index (χ0n) is 18.0. The summed E-state index contributed by atoms with van der Waals surface area (Å²) in [6.45, 7) is 0.304. The second kappa shape index (κ2) is 9.46. The van der Waals surface area contributed by atoms with Gasteiger partial charge in [-0.15, -0.1) is 0 Å². The molecule has 1 N–H and O–H groups in total. The van der Waals surface area contributed by atoms with Crippen molar-refractivity contribution in [1.29, 1.82) is 0 Å². The molecule has 0 aliphatic heterocycles. The molecule has 0 saturated heterocycles. The lowest BCUT2D eigenvalue weighted by molar-refractivity contribution is -0.121. The van der Waals surface area contributed by atoms with Crippen molar-refractivity contribution in [3.05, 3.63) is 95.9 Å². The monoisotopic (exact) mass is 466 g/mol. The van der Waals surface area contributed by atoms with Gasteiger partial charge in [0.05, 0.1) is 17.8 Å². The molecule has 4 rings (SSSR count). The number of ether oxygens (including phenoxy) is 1. The van der Waals surface area contributed by atoms with Gasteiger partial charge in [0.1, 0.15) is 18.1 Å². The summed E-state index contributed by atoms with van der Waals surface area (Å²) in [6, 6.07) is 19.9. The Hall–Kier alpha value is -3.65. The van der Waals surface area contributed by atoms with E-state index in [4.69, 9.17) is 4.74 Å². The predicted molar refractivity (Wildman–Crippen MR) is 124 cm³/mol. The topological polar surface area (TPSA) is 77.4 Å². The molecule has 6 nitrogen and oxygen atoms in total. The zero-order chi connectivity index (χ0) is 23.4. The van der Waals surface area contributed by atoms with Crippen molar-refractivity contribution in [3.63, 3.8) is 0 Å². The number of sulfone groups is 1. The summed E-state index contributed by atoms with van der Waals surface area (Å²) in [5.74, 6) is -0.335. The van der Waals surface area contributed by atoms with Crippen LogP contribution in [-0.2, 0) is 33.5 Å². The molecule has 0 unspecified atom stereocenters. The number of para-hydroxylation sites is 1. The van der Waals surface area contributed by atoms with Crippen LogP contribution in [0.25, 0.3) is 10.9 Å². The van der Waals surface area contributed by atoms with Crippen LogP contribution in [-0.4, -0.2) is 26.0 Å². The molecule has 0 aliphatic carbocycles. The molecule has 8 heteroatoms. The molecule has 33 heavy (non-hydrogen) atoms. The van der Waals surface area contributed by atoms with E-state index in [1.54, 1.807) is 42.0 Å². The number of carbonyl (C=O) groups is 1. The van der Waals surface area contributed by atoms with E-state index in [0.29, 0.717) is 23.0 Å². The third kappa shape index (κ3) is 5.23. The normalized spacial score (nSPS) is 11.5. The first kappa shape index (κ1) is 22.5. The van der Waals surface area contributed by atoms with Crippen LogP contribution >= 0.6 is 0 Å². The molecule has 0 saturated carbocycles. The van der Waals surface area contributed by atoms with E-state index in [2.05, 4.69) is 5.32 Å². The highest BCUT2D eigenvalue weighted by atomic mass is 32.2. The third-order valence-electron chi connectivity index (χ3n) is 5.30. The first-order valence-electron chi connectivity index (χ1n) is 10.3. The first-order chi connectivity index (χ1) is 15.9. The minimum absolute atomic E-state index is 0.0356.